The smallest absolute Gasteiger partial charge is 0.267 e. The van der Waals surface area contributed by atoms with E-state index < -0.39 is 0 Å². The van der Waals surface area contributed by atoms with E-state index in [4.69, 9.17) is 0 Å². The number of para-hydroxylation sites is 1. The van der Waals surface area contributed by atoms with Crippen molar-refractivity contribution in [1.82, 2.24) is 19.6 Å². The molecule has 1 aliphatic rings. The maximum Gasteiger partial charge on any atom is 0.267 e. The van der Waals surface area contributed by atoms with Crippen molar-refractivity contribution >= 4 is 11.6 Å². The molecule has 0 N–H and O–H groups in total. The molecule has 0 saturated carbocycles. The van der Waals surface area contributed by atoms with Crippen LogP contribution in [-0.2, 0) is 17.8 Å². The first-order valence-corrected chi connectivity index (χ1v) is 8.96. The van der Waals surface area contributed by atoms with Crippen LogP contribution in [0.25, 0.3) is 5.82 Å². The van der Waals surface area contributed by atoms with Crippen LogP contribution in [0.1, 0.15) is 23.9 Å². The number of hydrogen-bond donors (Lipinski definition) is 0. The van der Waals surface area contributed by atoms with Gasteiger partial charge in [-0.3, -0.25) is 9.59 Å². The third-order valence-electron chi connectivity index (χ3n) is 4.84. The summed E-state index contributed by atoms with van der Waals surface area (Å²) in [6.45, 7) is 5.73. The van der Waals surface area contributed by atoms with E-state index in [2.05, 4.69) is 10.2 Å². The number of rotatable bonds is 3. The maximum atomic E-state index is 13.0. The summed E-state index contributed by atoms with van der Waals surface area (Å²) in [7, 11) is 0. The second kappa shape index (κ2) is 6.50. The molecule has 1 amide bonds. The molecule has 3 heterocycles. The van der Waals surface area contributed by atoms with Gasteiger partial charge in [0.05, 0.1) is 5.69 Å². The van der Waals surface area contributed by atoms with Gasteiger partial charge in [-0.1, -0.05) is 18.2 Å². The molecule has 1 unspecified atom stereocenters. The van der Waals surface area contributed by atoms with Crippen LogP contribution in [0.2, 0.25) is 0 Å². The van der Waals surface area contributed by atoms with Crippen LogP contribution in [0.4, 0.5) is 5.69 Å². The summed E-state index contributed by atoms with van der Waals surface area (Å²) in [4.78, 5) is 27.0. The molecule has 0 radical (unpaired) electrons. The number of fused-ring (bicyclic) bond motifs is 1. The zero-order valence-electron chi connectivity index (χ0n) is 15.6. The minimum Gasteiger partial charge on any atom is -0.307 e. The van der Waals surface area contributed by atoms with Gasteiger partial charge in [0.1, 0.15) is 6.54 Å². The monoisotopic (exact) mass is 363 g/mol. The Bertz CT molecular complexity index is 1080. The molecule has 138 valence electrons. The van der Waals surface area contributed by atoms with Crippen LogP contribution in [0.15, 0.2) is 47.3 Å². The van der Waals surface area contributed by atoms with Crippen LogP contribution in [0.5, 0.6) is 0 Å². The van der Waals surface area contributed by atoms with Gasteiger partial charge in [0.2, 0.25) is 5.91 Å². The summed E-state index contributed by atoms with van der Waals surface area (Å²) >= 11 is 0. The lowest BCUT2D eigenvalue weighted by Gasteiger charge is -2.23. The predicted octanol–water partition coefficient (Wildman–Crippen LogP) is 2.02. The number of benzene rings is 1. The van der Waals surface area contributed by atoms with Crippen molar-refractivity contribution in [2.24, 2.45) is 0 Å². The Hall–Kier alpha value is -3.22. The first-order chi connectivity index (χ1) is 12.9. The molecular formula is C20H21N5O2. The first-order valence-electron chi connectivity index (χ1n) is 8.96. The molecule has 0 saturated heterocycles. The Morgan fingerprint density at radius 1 is 1.15 bits per heavy atom. The topological polar surface area (TPSA) is 73.0 Å². The van der Waals surface area contributed by atoms with E-state index in [0.29, 0.717) is 5.82 Å². The van der Waals surface area contributed by atoms with Crippen molar-refractivity contribution in [3.63, 3.8) is 0 Å². The highest BCUT2D eigenvalue weighted by Crippen LogP contribution is 2.31. The van der Waals surface area contributed by atoms with Crippen LogP contribution in [0.3, 0.4) is 0 Å². The molecule has 7 nitrogen and oxygen atoms in total. The highest BCUT2D eigenvalue weighted by atomic mass is 16.2. The van der Waals surface area contributed by atoms with Crippen molar-refractivity contribution in [1.29, 1.82) is 0 Å². The number of carbonyl (C=O) groups is 1. The normalized spacial score (nSPS) is 15.8. The fourth-order valence-corrected chi connectivity index (χ4v) is 3.68. The van der Waals surface area contributed by atoms with Crippen molar-refractivity contribution < 1.29 is 4.79 Å². The highest BCUT2D eigenvalue weighted by molar-refractivity contribution is 5.96. The summed E-state index contributed by atoms with van der Waals surface area (Å²) in [6, 6.07) is 12.9. The fourth-order valence-electron chi connectivity index (χ4n) is 3.68. The van der Waals surface area contributed by atoms with Gasteiger partial charge in [0.25, 0.3) is 5.56 Å². The summed E-state index contributed by atoms with van der Waals surface area (Å²) in [5.41, 5.74) is 3.53. The number of hydrogen-bond acceptors (Lipinski definition) is 4. The number of nitrogens with zero attached hydrogens (tertiary/aromatic N) is 5. The molecule has 7 heteroatoms. The molecule has 1 aromatic carbocycles. The fraction of sp³-hybridized carbons (Fsp3) is 0.300. The van der Waals surface area contributed by atoms with E-state index >= 15 is 0 Å². The number of amides is 1. The van der Waals surface area contributed by atoms with E-state index in [0.717, 1.165) is 29.1 Å². The van der Waals surface area contributed by atoms with E-state index in [9.17, 15) is 9.59 Å². The third kappa shape index (κ3) is 3.05. The summed E-state index contributed by atoms with van der Waals surface area (Å²) < 4.78 is 2.88. The minimum absolute atomic E-state index is 0.0600. The third-order valence-corrected chi connectivity index (χ3v) is 4.84. The average Bonchev–Trinajstić information content (AvgIpc) is 3.14. The lowest BCUT2D eigenvalue weighted by molar-refractivity contribution is -0.119. The number of carbonyl (C=O) groups excluding carboxylic acids is 1. The summed E-state index contributed by atoms with van der Waals surface area (Å²) in [5, 5.41) is 8.76. The van der Waals surface area contributed by atoms with Gasteiger partial charge < -0.3 is 4.90 Å². The largest absolute Gasteiger partial charge is 0.307 e. The molecule has 1 atom stereocenters. The quantitative estimate of drug-likeness (QED) is 0.714. The molecule has 27 heavy (non-hydrogen) atoms. The van der Waals surface area contributed by atoms with Gasteiger partial charge >= 0.3 is 0 Å². The Morgan fingerprint density at radius 3 is 2.67 bits per heavy atom. The molecule has 0 fully saturated rings. The standard InChI is InChI=1S/C20H21N5O2/c1-13-10-15(3)25(21-13)18-8-9-19(26)23(22-18)12-20(27)24-14(2)11-16-6-4-5-7-17(16)24/h4-10,14H,11-12H2,1-3H3. The first kappa shape index (κ1) is 17.2. The molecule has 0 spiro atoms. The number of aryl methyl sites for hydroxylation is 2. The number of aromatic nitrogens is 4. The van der Waals surface area contributed by atoms with Gasteiger partial charge in [0.15, 0.2) is 5.82 Å². The average molecular weight is 363 g/mol. The van der Waals surface area contributed by atoms with Gasteiger partial charge in [-0.05, 0) is 51.0 Å². The van der Waals surface area contributed by atoms with Crippen molar-refractivity contribution in [3.8, 4) is 5.82 Å². The summed E-state index contributed by atoms with van der Waals surface area (Å²) in [5.74, 6) is 0.371. The van der Waals surface area contributed by atoms with Gasteiger partial charge in [-0.25, -0.2) is 9.36 Å². The van der Waals surface area contributed by atoms with Crippen LogP contribution < -0.4 is 10.5 Å². The van der Waals surface area contributed by atoms with E-state index in [1.165, 1.54) is 10.7 Å². The Morgan fingerprint density at radius 2 is 1.93 bits per heavy atom. The summed E-state index contributed by atoms with van der Waals surface area (Å²) in [6.07, 6.45) is 0.816. The molecule has 4 rings (SSSR count). The van der Waals surface area contributed by atoms with Crippen LogP contribution >= 0.6 is 0 Å². The minimum atomic E-state index is -0.311. The predicted molar refractivity (Wildman–Crippen MR) is 102 cm³/mol. The molecule has 1 aliphatic heterocycles. The lowest BCUT2D eigenvalue weighted by atomic mass is 10.1. The van der Waals surface area contributed by atoms with E-state index in [1.54, 1.807) is 15.6 Å². The lowest BCUT2D eigenvalue weighted by Crippen LogP contribution is -2.40. The maximum absolute atomic E-state index is 13.0. The second-order valence-electron chi connectivity index (χ2n) is 6.97. The zero-order valence-corrected chi connectivity index (χ0v) is 15.6. The van der Waals surface area contributed by atoms with Gasteiger partial charge in [0, 0.05) is 23.5 Å². The van der Waals surface area contributed by atoms with Gasteiger partial charge in [-0.15, -0.1) is 5.10 Å². The van der Waals surface area contributed by atoms with Crippen LogP contribution in [0, 0.1) is 13.8 Å². The van der Waals surface area contributed by atoms with Gasteiger partial charge in [-0.2, -0.15) is 5.10 Å². The SMILES string of the molecule is Cc1cc(C)n(-c2ccc(=O)n(CC(=O)N3c4ccccc4CC3C)n2)n1. The molecule has 0 aliphatic carbocycles. The molecule has 3 aromatic rings. The highest BCUT2D eigenvalue weighted by Gasteiger charge is 2.30. The van der Waals surface area contributed by atoms with Crippen molar-refractivity contribution in [2.75, 3.05) is 4.90 Å². The Balaban J connectivity index is 1.65. The van der Waals surface area contributed by atoms with Crippen LogP contribution in [-0.4, -0.2) is 31.5 Å². The van der Waals surface area contributed by atoms with Crippen molar-refractivity contribution in [3.05, 3.63) is 69.8 Å². The second-order valence-corrected chi connectivity index (χ2v) is 6.97. The molecular weight excluding hydrogens is 342 g/mol. The molecule has 0 bridgehead atoms. The Labute approximate surface area is 156 Å². The van der Waals surface area contributed by atoms with Crippen molar-refractivity contribution in [2.45, 2.75) is 39.8 Å². The number of anilines is 1. The van der Waals surface area contributed by atoms with E-state index in [-0.39, 0.29) is 24.1 Å². The Kier molecular flexibility index (Phi) is 4.14. The molecule has 2 aromatic heterocycles. The van der Waals surface area contributed by atoms with E-state index in [1.807, 2.05) is 51.1 Å². The zero-order chi connectivity index (χ0) is 19.1.